The number of hydrogen-bond donors (Lipinski definition) is 1. The molecule has 0 radical (unpaired) electrons. The van der Waals surface area contributed by atoms with Crippen LogP contribution in [-0.2, 0) is 10.0 Å². The van der Waals surface area contributed by atoms with Gasteiger partial charge in [-0.15, -0.1) is 12.4 Å². The summed E-state index contributed by atoms with van der Waals surface area (Å²) in [5.41, 5.74) is 5.18. The molecule has 21 heavy (non-hydrogen) atoms. The summed E-state index contributed by atoms with van der Waals surface area (Å²) >= 11 is 8.89. The van der Waals surface area contributed by atoms with Crippen molar-refractivity contribution in [3.05, 3.63) is 27.4 Å². The summed E-state index contributed by atoms with van der Waals surface area (Å²) in [4.78, 5) is -0.443. The molecule has 0 fully saturated rings. The molecule has 1 aromatic rings. The van der Waals surface area contributed by atoms with Crippen molar-refractivity contribution in [3.8, 4) is 0 Å². The maximum atomic E-state index is 13.9. The van der Waals surface area contributed by atoms with Crippen LogP contribution in [0.25, 0.3) is 0 Å². The first-order chi connectivity index (χ1) is 9.01. The maximum Gasteiger partial charge on any atom is 0.245 e. The molecule has 0 aromatic heterocycles. The summed E-state index contributed by atoms with van der Waals surface area (Å²) in [5.74, 6) is -0.848. The second-order valence-corrected chi connectivity index (χ2v) is 8.60. The summed E-state index contributed by atoms with van der Waals surface area (Å²) in [5, 5.41) is 0.136. The first kappa shape index (κ1) is 21.1. The van der Waals surface area contributed by atoms with Crippen LogP contribution in [0.2, 0.25) is 5.02 Å². The molecule has 0 aliphatic carbocycles. The fourth-order valence-electron chi connectivity index (χ4n) is 1.62. The highest BCUT2D eigenvalue weighted by atomic mass is 79.9. The van der Waals surface area contributed by atoms with Gasteiger partial charge in [0.2, 0.25) is 10.0 Å². The highest BCUT2D eigenvalue weighted by Gasteiger charge is 2.29. The third kappa shape index (κ3) is 5.04. The number of sulfonamides is 1. The first-order valence-electron chi connectivity index (χ1n) is 5.82. The lowest BCUT2D eigenvalue weighted by molar-refractivity contribution is 0.291. The van der Waals surface area contributed by atoms with Crippen molar-refractivity contribution in [2.24, 2.45) is 11.1 Å². The Morgan fingerprint density at radius 1 is 1.43 bits per heavy atom. The van der Waals surface area contributed by atoms with E-state index in [1.807, 2.05) is 13.8 Å². The van der Waals surface area contributed by atoms with Crippen LogP contribution in [-0.4, -0.2) is 32.9 Å². The highest BCUT2D eigenvalue weighted by molar-refractivity contribution is 9.10. The molecule has 0 saturated heterocycles. The third-order valence-electron chi connectivity index (χ3n) is 2.87. The van der Waals surface area contributed by atoms with Crippen LogP contribution in [0.1, 0.15) is 13.8 Å². The Balaban J connectivity index is 0.00000400. The van der Waals surface area contributed by atoms with E-state index in [1.54, 1.807) is 0 Å². The van der Waals surface area contributed by atoms with Crippen LogP contribution in [0, 0.1) is 11.2 Å². The summed E-state index contributed by atoms with van der Waals surface area (Å²) < 4.78 is 40.0. The predicted octanol–water partition coefficient (Wildman–Crippen LogP) is 3.27. The number of rotatable bonds is 5. The molecule has 9 heteroatoms. The Bertz CT molecular complexity index is 612. The lowest BCUT2D eigenvalue weighted by Gasteiger charge is -2.28. The van der Waals surface area contributed by atoms with Gasteiger partial charge in [0.1, 0.15) is 10.7 Å². The molecule has 4 nitrogen and oxygen atoms in total. The second-order valence-electron chi connectivity index (χ2n) is 5.33. The Morgan fingerprint density at radius 3 is 2.43 bits per heavy atom. The number of benzene rings is 1. The van der Waals surface area contributed by atoms with E-state index in [9.17, 15) is 12.8 Å². The topological polar surface area (TPSA) is 63.4 Å². The zero-order chi connectivity index (χ0) is 15.7. The van der Waals surface area contributed by atoms with Crippen molar-refractivity contribution in [2.45, 2.75) is 18.7 Å². The molecular weight excluding hydrogens is 406 g/mol. The average molecular weight is 424 g/mol. The SMILES string of the molecule is CN(CC(C)(C)CN)S(=O)(=O)c1cc(Cl)c(Br)cc1F.Cl. The van der Waals surface area contributed by atoms with Gasteiger partial charge in [0.25, 0.3) is 0 Å². The van der Waals surface area contributed by atoms with E-state index in [4.69, 9.17) is 17.3 Å². The van der Waals surface area contributed by atoms with E-state index in [0.29, 0.717) is 11.0 Å². The number of nitrogens with two attached hydrogens (primary N) is 1. The summed E-state index contributed by atoms with van der Waals surface area (Å²) in [6.45, 7) is 4.17. The summed E-state index contributed by atoms with van der Waals surface area (Å²) in [7, 11) is -2.56. The molecule has 0 bridgehead atoms. The molecule has 0 amide bonds. The van der Waals surface area contributed by atoms with Gasteiger partial charge in [-0.3, -0.25) is 0 Å². The standard InChI is InChI=1S/C12H17BrClFN2O2S.ClH/c1-12(2,6-16)7-17(3)20(18,19)11-5-9(14)8(13)4-10(11)15;/h4-5H,6-7,16H2,1-3H3;1H. The van der Waals surface area contributed by atoms with Crippen molar-refractivity contribution < 1.29 is 12.8 Å². The van der Waals surface area contributed by atoms with Gasteiger partial charge in [-0.1, -0.05) is 25.4 Å². The summed E-state index contributed by atoms with van der Waals surface area (Å²) in [6.07, 6.45) is 0. The van der Waals surface area contributed by atoms with Gasteiger partial charge in [0, 0.05) is 18.1 Å². The molecule has 0 saturated carbocycles. The Labute approximate surface area is 144 Å². The minimum Gasteiger partial charge on any atom is -0.330 e. The van der Waals surface area contributed by atoms with Crippen molar-refractivity contribution in [3.63, 3.8) is 0 Å². The summed E-state index contributed by atoms with van der Waals surface area (Å²) in [6, 6.07) is 2.14. The molecule has 0 heterocycles. The highest BCUT2D eigenvalue weighted by Crippen LogP contribution is 2.30. The van der Waals surface area contributed by atoms with Crippen LogP contribution in [0.3, 0.4) is 0 Å². The molecule has 2 N–H and O–H groups in total. The molecule has 122 valence electrons. The van der Waals surface area contributed by atoms with Crippen molar-refractivity contribution in [1.82, 2.24) is 4.31 Å². The molecular formula is C12H18BrCl2FN2O2S. The van der Waals surface area contributed by atoms with Crippen molar-refractivity contribution >= 4 is 50.0 Å². The molecule has 0 spiro atoms. The minimum absolute atomic E-state index is 0. The fraction of sp³-hybridized carbons (Fsp3) is 0.500. The number of nitrogens with zero attached hydrogens (tertiary/aromatic N) is 1. The van der Waals surface area contributed by atoms with Gasteiger partial charge in [0.15, 0.2) is 0 Å². The van der Waals surface area contributed by atoms with Gasteiger partial charge in [-0.2, -0.15) is 0 Å². The fourth-order valence-corrected chi connectivity index (χ4v) is 3.59. The van der Waals surface area contributed by atoms with Crippen LogP contribution < -0.4 is 5.73 Å². The maximum absolute atomic E-state index is 13.9. The molecule has 0 aliphatic rings. The molecule has 0 aliphatic heterocycles. The lowest BCUT2D eigenvalue weighted by atomic mass is 9.94. The van der Waals surface area contributed by atoms with E-state index < -0.39 is 26.2 Å². The predicted molar refractivity (Wildman–Crippen MR) is 89.0 cm³/mol. The van der Waals surface area contributed by atoms with Crippen LogP contribution in [0.5, 0.6) is 0 Å². The van der Waals surface area contributed by atoms with Crippen molar-refractivity contribution in [1.29, 1.82) is 0 Å². The van der Waals surface area contributed by atoms with E-state index in [0.717, 1.165) is 16.4 Å². The largest absolute Gasteiger partial charge is 0.330 e. The van der Waals surface area contributed by atoms with Gasteiger partial charge in [-0.05, 0) is 40.0 Å². The van der Waals surface area contributed by atoms with E-state index >= 15 is 0 Å². The third-order valence-corrected chi connectivity index (χ3v) is 5.88. The van der Waals surface area contributed by atoms with Gasteiger partial charge >= 0.3 is 0 Å². The van der Waals surface area contributed by atoms with Crippen LogP contribution in [0.4, 0.5) is 4.39 Å². The zero-order valence-corrected chi connectivity index (χ0v) is 15.8. The van der Waals surface area contributed by atoms with E-state index in [-0.39, 0.29) is 24.0 Å². The van der Waals surface area contributed by atoms with Crippen LogP contribution >= 0.6 is 39.9 Å². The normalized spacial score (nSPS) is 12.4. The minimum atomic E-state index is -3.95. The van der Waals surface area contributed by atoms with Gasteiger partial charge < -0.3 is 5.73 Å². The average Bonchev–Trinajstić information content (AvgIpc) is 2.33. The molecule has 1 aromatic carbocycles. The van der Waals surface area contributed by atoms with Crippen LogP contribution in [0.15, 0.2) is 21.5 Å². The lowest BCUT2D eigenvalue weighted by Crippen LogP contribution is -2.40. The number of halogens is 4. The quantitative estimate of drug-likeness (QED) is 0.739. The first-order valence-corrected chi connectivity index (χ1v) is 8.43. The Kier molecular flexibility index (Phi) is 7.60. The number of hydrogen-bond acceptors (Lipinski definition) is 3. The second kappa shape index (κ2) is 7.57. The molecule has 0 unspecified atom stereocenters. The smallest absolute Gasteiger partial charge is 0.245 e. The van der Waals surface area contributed by atoms with E-state index in [1.165, 1.54) is 7.05 Å². The zero-order valence-electron chi connectivity index (χ0n) is 11.9. The van der Waals surface area contributed by atoms with Gasteiger partial charge in [0.05, 0.1) is 5.02 Å². The molecule has 1 rings (SSSR count). The Hall–Kier alpha value is 0.0800. The van der Waals surface area contributed by atoms with Crippen molar-refractivity contribution in [2.75, 3.05) is 20.1 Å². The molecule has 0 atom stereocenters. The Morgan fingerprint density at radius 2 is 1.95 bits per heavy atom. The van der Waals surface area contributed by atoms with E-state index in [2.05, 4.69) is 15.9 Å². The monoisotopic (exact) mass is 422 g/mol. The van der Waals surface area contributed by atoms with Gasteiger partial charge in [-0.25, -0.2) is 17.1 Å².